The standard InChI is InChI=1S/C18H30N2O2/c1-2-3-4-5-6-7-8-9-10-13-16-22-18(21)20-17-14-11-12-15-19-17/h11-12,14-15H,2-10,13,16H2,1H3,(H,19,20,21). The number of carbonyl (C=O) groups is 1. The molecule has 1 aromatic heterocycles. The van der Waals surface area contributed by atoms with Gasteiger partial charge in [-0.1, -0.05) is 70.8 Å². The SMILES string of the molecule is CCCCCCCCCCCCOC(=O)Nc1ccccn1. The summed E-state index contributed by atoms with van der Waals surface area (Å²) in [7, 11) is 0. The number of nitrogens with one attached hydrogen (secondary N) is 1. The second-order valence-electron chi connectivity index (χ2n) is 5.66. The highest BCUT2D eigenvalue weighted by Gasteiger charge is 2.02. The lowest BCUT2D eigenvalue weighted by Crippen LogP contribution is -2.15. The van der Waals surface area contributed by atoms with Gasteiger partial charge in [0.25, 0.3) is 0 Å². The predicted octanol–water partition coefficient (Wildman–Crippen LogP) is 5.55. The maximum atomic E-state index is 11.5. The third-order valence-electron chi connectivity index (χ3n) is 3.63. The number of amides is 1. The summed E-state index contributed by atoms with van der Waals surface area (Å²) in [6.45, 7) is 2.73. The summed E-state index contributed by atoms with van der Waals surface area (Å²) in [5.74, 6) is 0.524. The molecule has 1 aromatic rings. The lowest BCUT2D eigenvalue weighted by molar-refractivity contribution is 0.159. The molecule has 0 aliphatic heterocycles. The number of nitrogens with zero attached hydrogens (tertiary/aromatic N) is 1. The average molecular weight is 306 g/mol. The molecule has 0 radical (unpaired) electrons. The fraction of sp³-hybridized carbons (Fsp3) is 0.667. The van der Waals surface area contributed by atoms with Crippen molar-refractivity contribution in [3.05, 3.63) is 24.4 Å². The van der Waals surface area contributed by atoms with Crippen LogP contribution in [-0.2, 0) is 4.74 Å². The zero-order chi connectivity index (χ0) is 15.9. The van der Waals surface area contributed by atoms with E-state index in [1.54, 1.807) is 18.3 Å². The third kappa shape index (κ3) is 10.2. The van der Waals surface area contributed by atoms with Gasteiger partial charge in [-0.2, -0.15) is 0 Å². The van der Waals surface area contributed by atoms with E-state index in [4.69, 9.17) is 4.74 Å². The van der Waals surface area contributed by atoms with Crippen LogP contribution in [0.15, 0.2) is 24.4 Å². The lowest BCUT2D eigenvalue weighted by atomic mass is 10.1. The lowest BCUT2D eigenvalue weighted by Gasteiger charge is -2.06. The van der Waals surface area contributed by atoms with Crippen LogP contribution in [0.2, 0.25) is 0 Å². The van der Waals surface area contributed by atoms with Crippen LogP contribution in [0.4, 0.5) is 10.6 Å². The van der Waals surface area contributed by atoms with E-state index in [1.165, 1.54) is 51.4 Å². The Morgan fingerprint density at radius 1 is 1.00 bits per heavy atom. The quantitative estimate of drug-likeness (QED) is 0.515. The Hall–Kier alpha value is -1.58. The van der Waals surface area contributed by atoms with Crippen LogP contribution in [-0.4, -0.2) is 17.7 Å². The fourth-order valence-corrected chi connectivity index (χ4v) is 2.33. The van der Waals surface area contributed by atoms with Gasteiger partial charge >= 0.3 is 6.09 Å². The number of anilines is 1. The second kappa shape index (κ2) is 13.1. The number of unbranched alkanes of at least 4 members (excludes halogenated alkanes) is 9. The molecule has 1 N–H and O–H groups in total. The van der Waals surface area contributed by atoms with E-state index < -0.39 is 6.09 Å². The molecule has 0 saturated heterocycles. The van der Waals surface area contributed by atoms with Gasteiger partial charge in [-0.05, 0) is 18.6 Å². The highest BCUT2D eigenvalue weighted by atomic mass is 16.5. The minimum Gasteiger partial charge on any atom is -0.449 e. The zero-order valence-electron chi connectivity index (χ0n) is 13.9. The van der Waals surface area contributed by atoms with Gasteiger partial charge in [0, 0.05) is 6.20 Å². The molecule has 0 atom stereocenters. The first-order valence-corrected chi connectivity index (χ1v) is 8.67. The molecule has 0 aliphatic rings. The Labute approximate surface area is 134 Å². The molecule has 0 aromatic carbocycles. The summed E-state index contributed by atoms with van der Waals surface area (Å²) in [5.41, 5.74) is 0. The number of aromatic nitrogens is 1. The first-order chi connectivity index (χ1) is 10.8. The summed E-state index contributed by atoms with van der Waals surface area (Å²) >= 11 is 0. The number of rotatable bonds is 12. The van der Waals surface area contributed by atoms with Gasteiger partial charge in [0.2, 0.25) is 0 Å². The second-order valence-corrected chi connectivity index (χ2v) is 5.66. The molecule has 1 amide bonds. The topological polar surface area (TPSA) is 51.2 Å². The maximum absolute atomic E-state index is 11.5. The van der Waals surface area contributed by atoms with Crippen molar-refractivity contribution in [2.24, 2.45) is 0 Å². The van der Waals surface area contributed by atoms with Crippen molar-refractivity contribution >= 4 is 11.9 Å². The van der Waals surface area contributed by atoms with E-state index >= 15 is 0 Å². The van der Waals surface area contributed by atoms with Gasteiger partial charge in [0.15, 0.2) is 0 Å². The number of ether oxygens (including phenoxy) is 1. The normalized spacial score (nSPS) is 10.4. The van der Waals surface area contributed by atoms with Crippen LogP contribution in [0.25, 0.3) is 0 Å². The Morgan fingerprint density at radius 2 is 1.64 bits per heavy atom. The summed E-state index contributed by atoms with van der Waals surface area (Å²) in [6, 6.07) is 5.37. The monoisotopic (exact) mass is 306 g/mol. The van der Waals surface area contributed by atoms with Gasteiger partial charge in [-0.3, -0.25) is 5.32 Å². The van der Waals surface area contributed by atoms with Crippen molar-refractivity contribution < 1.29 is 9.53 Å². The van der Waals surface area contributed by atoms with Crippen molar-refractivity contribution in [1.29, 1.82) is 0 Å². The number of pyridine rings is 1. The molecule has 0 saturated carbocycles. The fourth-order valence-electron chi connectivity index (χ4n) is 2.33. The molecule has 4 heteroatoms. The molecule has 124 valence electrons. The molecular weight excluding hydrogens is 276 g/mol. The minimum atomic E-state index is -0.422. The number of carbonyl (C=O) groups excluding carboxylic acids is 1. The van der Waals surface area contributed by atoms with Crippen LogP contribution in [0, 0.1) is 0 Å². The van der Waals surface area contributed by atoms with Crippen LogP contribution in [0.5, 0.6) is 0 Å². The van der Waals surface area contributed by atoms with Gasteiger partial charge in [-0.25, -0.2) is 9.78 Å². The summed E-state index contributed by atoms with van der Waals surface area (Å²) < 4.78 is 5.13. The largest absolute Gasteiger partial charge is 0.449 e. The summed E-state index contributed by atoms with van der Waals surface area (Å²) in [4.78, 5) is 15.5. The molecule has 0 spiro atoms. The van der Waals surface area contributed by atoms with Crippen LogP contribution in [0.3, 0.4) is 0 Å². The maximum Gasteiger partial charge on any atom is 0.412 e. The molecule has 0 bridgehead atoms. The van der Waals surface area contributed by atoms with E-state index in [2.05, 4.69) is 17.2 Å². The first-order valence-electron chi connectivity index (χ1n) is 8.67. The van der Waals surface area contributed by atoms with Crippen molar-refractivity contribution in [2.45, 2.75) is 71.1 Å². The predicted molar refractivity (Wildman–Crippen MR) is 91.1 cm³/mol. The van der Waals surface area contributed by atoms with E-state index in [1.807, 2.05) is 6.07 Å². The average Bonchev–Trinajstić information content (AvgIpc) is 2.53. The van der Waals surface area contributed by atoms with Gasteiger partial charge in [0.1, 0.15) is 5.82 Å². The van der Waals surface area contributed by atoms with E-state index in [9.17, 15) is 4.79 Å². The van der Waals surface area contributed by atoms with Gasteiger partial charge < -0.3 is 4.74 Å². The first kappa shape index (κ1) is 18.5. The minimum absolute atomic E-state index is 0.422. The van der Waals surface area contributed by atoms with Crippen molar-refractivity contribution in [3.8, 4) is 0 Å². The Balaban J connectivity index is 1.86. The van der Waals surface area contributed by atoms with Gasteiger partial charge in [0.05, 0.1) is 6.61 Å². The van der Waals surface area contributed by atoms with Gasteiger partial charge in [-0.15, -0.1) is 0 Å². The molecule has 1 heterocycles. The van der Waals surface area contributed by atoms with E-state index in [-0.39, 0.29) is 0 Å². The molecule has 1 rings (SSSR count). The van der Waals surface area contributed by atoms with Crippen molar-refractivity contribution in [1.82, 2.24) is 4.98 Å². The van der Waals surface area contributed by atoms with Crippen LogP contribution >= 0.6 is 0 Å². The zero-order valence-corrected chi connectivity index (χ0v) is 13.9. The number of hydrogen-bond donors (Lipinski definition) is 1. The number of hydrogen-bond acceptors (Lipinski definition) is 3. The highest BCUT2D eigenvalue weighted by molar-refractivity contribution is 5.83. The Bertz CT molecular complexity index is 382. The van der Waals surface area contributed by atoms with Crippen LogP contribution in [0.1, 0.15) is 71.1 Å². The van der Waals surface area contributed by atoms with Crippen molar-refractivity contribution in [2.75, 3.05) is 11.9 Å². The Kier molecular flexibility index (Phi) is 11.0. The molecule has 0 unspecified atom stereocenters. The molecule has 0 aliphatic carbocycles. The summed E-state index contributed by atoms with van der Waals surface area (Å²) in [5, 5.41) is 2.61. The third-order valence-corrected chi connectivity index (χ3v) is 3.63. The molecule has 22 heavy (non-hydrogen) atoms. The van der Waals surface area contributed by atoms with E-state index in [0.29, 0.717) is 12.4 Å². The van der Waals surface area contributed by atoms with E-state index in [0.717, 1.165) is 12.8 Å². The van der Waals surface area contributed by atoms with Crippen molar-refractivity contribution in [3.63, 3.8) is 0 Å². The molecular formula is C18H30N2O2. The summed E-state index contributed by atoms with van der Waals surface area (Å²) in [6.07, 6.45) is 14.0. The highest BCUT2D eigenvalue weighted by Crippen LogP contribution is 2.10. The van der Waals surface area contributed by atoms with Crippen LogP contribution < -0.4 is 5.32 Å². The smallest absolute Gasteiger partial charge is 0.412 e. The Morgan fingerprint density at radius 3 is 2.23 bits per heavy atom. The molecule has 4 nitrogen and oxygen atoms in total. The molecule has 0 fully saturated rings.